The molecule has 0 radical (unpaired) electrons. The number of nitrogens with zero attached hydrogens (tertiary/aromatic N) is 3. The van der Waals surface area contributed by atoms with Crippen LogP contribution >= 0.6 is 15.9 Å². The first-order valence-corrected chi connectivity index (χ1v) is 6.78. The Labute approximate surface area is 124 Å². The van der Waals surface area contributed by atoms with E-state index in [2.05, 4.69) is 27.0 Å². The molecule has 0 amide bonds. The average Bonchev–Trinajstić information content (AvgIpc) is 2.79. The molecule has 0 bridgehead atoms. The topological polar surface area (TPSA) is 50.3 Å². The van der Waals surface area contributed by atoms with Crippen molar-refractivity contribution in [3.05, 3.63) is 58.5 Å². The Morgan fingerprint density at radius 2 is 2.15 bits per heavy atom. The minimum Gasteiger partial charge on any atom is -0.453 e. The highest BCUT2D eigenvalue weighted by molar-refractivity contribution is 9.10. The van der Waals surface area contributed by atoms with Crippen LogP contribution in [0.5, 0.6) is 11.5 Å². The summed E-state index contributed by atoms with van der Waals surface area (Å²) in [4.78, 5) is 4.45. The van der Waals surface area contributed by atoms with E-state index in [9.17, 15) is 0 Å². The van der Waals surface area contributed by atoms with Gasteiger partial charge in [-0.2, -0.15) is 5.26 Å². The number of benzene rings is 1. The fourth-order valence-electron chi connectivity index (χ4n) is 1.99. The molecule has 0 fully saturated rings. The van der Waals surface area contributed by atoms with Crippen molar-refractivity contribution >= 4 is 21.6 Å². The van der Waals surface area contributed by atoms with E-state index < -0.39 is 0 Å². The van der Waals surface area contributed by atoms with Gasteiger partial charge in [-0.15, -0.1) is 0 Å². The third-order valence-electron chi connectivity index (χ3n) is 2.80. The third-order valence-corrected chi connectivity index (χ3v) is 3.23. The number of fused-ring (bicyclic) bond motifs is 1. The number of rotatable bonds is 2. The minimum absolute atomic E-state index is 0.563. The van der Waals surface area contributed by atoms with Crippen LogP contribution in [0.25, 0.3) is 5.65 Å². The molecule has 0 saturated carbocycles. The smallest absolute Gasteiger partial charge is 0.180 e. The van der Waals surface area contributed by atoms with E-state index in [0.29, 0.717) is 17.1 Å². The second-order valence-electron chi connectivity index (χ2n) is 4.38. The predicted molar refractivity (Wildman–Crippen MR) is 78.9 cm³/mol. The van der Waals surface area contributed by atoms with Crippen LogP contribution < -0.4 is 4.74 Å². The quantitative estimate of drug-likeness (QED) is 0.712. The van der Waals surface area contributed by atoms with Gasteiger partial charge in [0.15, 0.2) is 11.4 Å². The Morgan fingerprint density at radius 3 is 2.95 bits per heavy atom. The Bertz CT molecular complexity index is 833. The first-order valence-electron chi connectivity index (χ1n) is 5.98. The lowest BCUT2D eigenvalue weighted by atomic mass is 10.2. The van der Waals surface area contributed by atoms with E-state index in [1.807, 2.05) is 35.9 Å². The SMILES string of the molecule is Cc1cn2cc(Br)cc(Oc3cccc(C#N)c3)c2n1. The Balaban J connectivity index is 2.08. The van der Waals surface area contributed by atoms with E-state index in [0.717, 1.165) is 15.8 Å². The molecule has 3 rings (SSSR count). The molecule has 4 nitrogen and oxygen atoms in total. The molecule has 0 aliphatic carbocycles. The number of hydrogen-bond donors (Lipinski definition) is 0. The Hall–Kier alpha value is -2.32. The minimum atomic E-state index is 0.563. The van der Waals surface area contributed by atoms with Crippen LogP contribution in [0.3, 0.4) is 0 Å². The number of nitriles is 1. The number of halogens is 1. The number of aromatic nitrogens is 2. The van der Waals surface area contributed by atoms with Crippen LogP contribution in [0.15, 0.2) is 47.2 Å². The predicted octanol–water partition coefficient (Wildman–Crippen LogP) is 4.07. The van der Waals surface area contributed by atoms with Crippen molar-refractivity contribution in [1.29, 1.82) is 5.26 Å². The zero-order valence-corrected chi connectivity index (χ0v) is 12.3. The van der Waals surface area contributed by atoms with Gasteiger partial charge in [0.1, 0.15) is 5.75 Å². The summed E-state index contributed by atoms with van der Waals surface area (Å²) < 4.78 is 8.67. The second-order valence-corrected chi connectivity index (χ2v) is 5.29. The van der Waals surface area contributed by atoms with Crippen LogP contribution in [0.4, 0.5) is 0 Å². The maximum Gasteiger partial charge on any atom is 0.180 e. The zero-order valence-electron chi connectivity index (χ0n) is 10.7. The Morgan fingerprint density at radius 1 is 1.30 bits per heavy atom. The van der Waals surface area contributed by atoms with Gasteiger partial charge in [0.05, 0.1) is 17.3 Å². The standard InChI is InChI=1S/C15H10BrN3O/c1-10-8-19-9-12(16)6-14(15(19)18-10)20-13-4-2-3-11(5-13)7-17/h2-6,8-9H,1H3. The van der Waals surface area contributed by atoms with Gasteiger partial charge in [-0.1, -0.05) is 6.07 Å². The van der Waals surface area contributed by atoms with Gasteiger partial charge in [-0.3, -0.25) is 0 Å². The molecular weight excluding hydrogens is 318 g/mol. The van der Waals surface area contributed by atoms with E-state index in [1.165, 1.54) is 0 Å². The zero-order chi connectivity index (χ0) is 14.1. The monoisotopic (exact) mass is 327 g/mol. The molecule has 0 aliphatic rings. The van der Waals surface area contributed by atoms with Crippen LogP contribution in [0.1, 0.15) is 11.3 Å². The number of ether oxygens (including phenoxy) is 1. The highest BCUT2D eigenvalue weighted by Gasteiger charge is 2.09. The number of imidazole rings is 1. The molecule has 3 aromatic rings. The van der Waals surface area contributed by atoms with E-state index in [4.69, 9.17) is 10.00 Å². The van der Waals surface area contributed by atoms with Gasteiger partial charge in [0.2, 0.25) is 0 Å². The van der Waals surface area contributed by atoms with E-state index >= 15 is 0 Å². The lowest BCUT2D eigenvalue weighted by molar-refractivity contribution is 0.484. The highest BCUT2D eigenvalue weighted by Crippen LogP contribution is 2.29. The molecule has 98 valence electrons. The molecule has 0 aliphatic heterocycles. The molecular formula is C15H10BrN3O. The van der Waals surface area contributed by atoms with Crippen molar-refractivity contribution in [3.63, 3.8) is 0 Å². The molecule has 0 spiro atoms. The summed E-state index contributed by atoms with van der Waals surface area (Å²) in [6, 6.07) is 11.0. The second kappa shape index (κ2) is 4.99. The first kappa shape index (κ1) is 12.7. The van der Waals surface area contributed by atoms with Crippen molar-refractivity contribution in [2.24, 2.45) is 0 Å². The van der Waals surface area contributed by atoms with Gasteiger partial charge in [-0.25, -0.2) is 4.98 Å². The van der Waals surface area contributed by atoms with Crippen LogP contribution in [-0.4, -0.2) is 9.38 Å². The summed E-state index contributed by atoms with van der Waals surface area (Å²) in [6.07, 6.45) is 3.85. The van der Waals surface area contributed by atoms with Crippen molar-refractivity contribution in [1.82, 2.24) is 9.38 Å². The van der Waals surface area contributed by atoms with E-state index in [-0.39, 0.29) is 0 Å². The molecule has 5 heteroatoms. The molecule has 1 aromatic carbocycles. The number of hydrogen-bond acceptors (Lipinski definition) is 3. The number of pyridine rings is 1. The molecule has 0 unspecified atom stereocenters. The molecule has 20 heavy (non-hydrogen) atoms. The largest absolute Gasteiger partial charge is 0.453 e. The van der Waals surface area contributed by atoms with Gasteiger partial charge >= 0.3 is 0 Å². The summed E-state index contributed by atoms with van der Waals surface area (Å²) >= 11 is 3.45. The van der Waals surface area contributed by atoms with Gasteiger partial charge in [0, 0.05) is 22.9 Å². The lowest BCUT2D eigenvalue weighted by Crippen LogP contribution is -1.91. The maximum absolute atomic E-state index is 8.92. The highest BCUT2D eigenvalue weighted by atomic mass is 79.9. The fraction of sp³-hybridized carbons (Fsp3) is 0.0667. The Kier molecular flexibility index (Phi) is 3.17. The average molecular weight is 328 g/mol. The molecule has 0 atom stereocenters. The van der Waals surface area contributed by atoms with Crippen molar-refractivity contribution in [2.75, 3.05) is 0 Å². The summed E-state index contributed by atoms with van der Waals surface area (Å²) in [5, 5.41) is 8.92. The normalized spacial score (nSPS) is 10.4. The van der Waals surface area contributed by atoms with E-state index in [1.54, 1.807) is 18.2 Å². The van der Waals surface area contributed by atoms with Crippen LogP contribution in [0, 0.1) is 18.3 Å². The molecule has 2 heterocycles. The van der Waals surface area contributed by atoms with Gasteiger partial charge in [0.25, 0.3) is 0 Å². The first-order chi connectivity index (χ1) is 9.65. The van der Waals surface area contributed by atoms with Crippen molar-refractivity contribution < 1.29 is 4.74 Å². The third kappa shape index (κ3) is 2.38. The van der Waals surface area contributed by atoms with Crippen LogP contribution in [0.2, 0.25) is 0 Å². The van der Waals surface area contributed by atoms with Crippen molar-refractivity contribution in [2.45, 2.75) is 6.92 Å². The summed E-state index contributed by atoms with van der Waals surface area (Å²) in [6.45, 7) is 1.93. The lowest BCUT2D eigenvalue weighted by Gasteiger charge is -2.08. The van der Waals surface area contributed by atoms with Gasteiger partial charge < -0.3 is 9.14 Å². The molecule has 0 N–H and O–H groups in total. The van der Waals surface area contributed by atoms with Crippen LogP contribution in [-0.2, 0) is 0 Å². The van der Waals surface area contributed by atoms with Gasteiger partial charge in [-0.05, 0) is 41.1 Å². The molecule has 0 saturated heterocycles. The van der Waals surface area contributed by atoms with Crippen molar-refractivity contribution in [3.8, 4) is 17.6 Å². The maximum atomic E-state index is 8.92. The summed E-state index contributed by atoms with van der Waals surface area (Å²) in [5.74, 6) is 1.26. The summed E-state index contributed by atoms with van der Waals surface area (Å²) in [7, 11) is 0. The molecule has 2 aromatic heterocycles. The summed E-state index contributed by atoms with van der Waals surface area (Å²) in [5.41, 5.74) is 2.22. The number of aryl methyl sites for hydroxylation is 1. The fourth-order valence-corrected chi connectivity index (χ4v) is 2.42.